The van der Waals surface area contributed by atoms with Crippen molar-refractivity contribution in [2.45, 2.75) is 6.92 Å². The lowest BCUT2D eigenvalue weighted by molar-refractivity contribution is -0.115. The van der Waals surface area contributed by atoms with Gasteiger partial charge in [0.15, 0.2) is 0 Å². The van der Waals surface area contributed by atoms with Gasteiger partial charge in [0.05, 0.1) is 5.08 Å². The number of carbonyl (C=O) groups is 1. The van der Waals surface area contributed by atoms with Crippen LogP contribution < -0.4 is 0 Å². The van der Waals surface area contributed by atoms with E-state index in [1.165, 1.54) is 6.92 Å². The second-order valence-electron chi connectivity index (χ2n) is 1.30. The maximum absolute atomic E-state index is 10.2. The summed E-state index contributed by atoms with van der Waals surface area (Å²) < 4.78 is 0.914. The third-order valence-corrected chi connectivity index (χ3v) is 2.94. The van der Waals surface area contributed by atoms with Gasteiger partial charge < -0.3 is 0 Å². The minimum atomic E-state index is -0.0975. The fourth-order valence-corrected chi connectivity index (χ4v) is 1.58. The predicted octanol–water partition coefficient (Wildman–Crippen LogP) is 1.33. The Bertz CT molecular complexity index is 137. The first kappa shape index (κ1) is 6.16. The number of hydrogen-bond acceptors (Lipinski definition) is 3. The molecular weight excluding hydrogens is 142 g/mol. The highest BCUT2D eigenvalue weighted by Gasteiger charge is 2.11. The van der Waals surface area contributed by atoms with E-state index in [-0.39, 0.29) is 5.91 Å². The zero-order valence-electron chi connectivity index (χ0n) is 4.38. The smallest absolute Gasteiger partial charge is 0.244 e. The molecule has 1 amide bonds. The van der Waals surface area contributed by atoms with Crippen molar-refractivity contribution in [3.63, 3.8) is 0 Å². The van der Waals surface area contributed by atoms with Crippen LogP contribution in [0.5, 0.6) is 0 Å². The van der Waals surface area contributed by atoms with E-state index < -0.39 is 0 Å². The lowest BCUT2D eigenvalue weighted by atomic mass is 10.8. The highest BCUT2D eigenvalue weighted by Crippen LogP contribution is 2.32. The Labute approximate surface area is 56.1 Å². The van der Waals surface area contributed by atoms with E-state index >= 15 is 0 Å². The molecule has 0 aliphatic carbocycles. The summed E-state index contributed by atoms with van der Waals surface area (Å²) in [6.07, 6.45) is 0. The standard InChI is InChI=1S/C4H5NOS2/c1-3(6)5-4-7-2-8-4/h2H2,1H3. The van der Waals surface area contributed by atoms with Gasteiger partial charge in [0, 0.05) is 6.92 Å². The number of hydrogen-bond donors (Lipinski definition) is 0. The average Bonchev–Trinajstić information content (AvgIpc) is 1.55. The van der Waals surface area contributed by atoms with Gasteiger partial charge in [0.2, 0.25) is 5.91 Å². The summed E-state index contributed by atoms with van der Waals surface area (Å²) in [5.74, 6) is -0.0975. The van der Waals surface area contributed by atoms with Gasteiger partial charge in [-0.3, -0.25) is 4.79 Å². The number of thioether (sulfide) groups is 2. The van der Waals surface area contributed by atoms with Gasteiger partial charge in [-0.2, -0.15) is 4.99 Å². The molecule has 0 aromatic carbocycles. The van der Waals surface area contributed by atoms with Crippen molar-refractivity contribution in [2.24, 2.45) is 4.99 Å². The topological polar surface area (TPSA) is 29.4 Å². The highest BCUT2D eigenvalue weighted by atomic mass is 32.3. The van der Waals surface area contributed by atoms with Crippen LogP contribution in [0.1, 0.15) is 6.92 Å². The lowest BCUT2D eigenvalue weighted by Gasteiger charge is -2.10. The normalized spacial score (nSPS) is 17.4. The summed E-state index contributed by atoms with van der Waals surface area (Å²) in [7, 11) is 0. The first-order valence-corrected chi connectivity index (χ1v) is 4.11. The third-order valence-electron chi connectivity index (χ3n) is 0.614. The SMILES string of the molecule is CC(=O)N=C1SCS1. The molecule has 44 valence electrons. The Morgan fingerprint density at radius 1 is 1.75 bits per heavy atom. The van der Waals surface area contributed by atoms with Crippen molar-refractivity contribution >= 4 is 33.8 Å². The average molecular weight is 147 g/mol. The third kappa shape index (κ3) is 1.52. The van der Waals surface area contributed by atoms with Crippen LogP contribution >= 0.6 is 23.5 Å². The number of amides is 1. The van der Waals surface area contributed by atoms with Crippen molar-refractivity contribution < 1.29 is 4.79 Å². The van der Waals surface area contributed by atoms with Crippen LogP contribution in [-0.2, 0) is 4.79 Å². The first-order valence-electron chi connectivity index (χ1n) is 2.14. The van der Waals surface area contributed by atoms with Crippen LogP contribution in [0.15, 0.2) is 4.99 Å². The summed E-state index contributed by atoms with van der Waals surface area (Å²) in [6.45, 7) is 1.46. The van der Waals surface area contributed by atoms with Crippen LogP contribution in [0.2, 0.25) is 0 Å². The second kappa shape index (κ2) is 2.55. The minimum Gasteiger partial charge on any atom is -0.273 e. The van der Waals surface area contributed by atoms with Crippen LogP contribution in [-0.4, -0.2) is 15.4 Å². The summed E-state index contributed by atoms with van der Waals surface area (Å²) in [5, 5.41) is 1.05. The molecule has 4 heteroatoms. The molecule has 1 fully saturated rings. The van der Waals surface area contributed by atoms with Gasteiger partial charge in [-0.15, -0.1) is 0 Å². The maximum atomic E-state index is 10.2. The Hall–Kier alpha value is 0.0400. The molecule has 0 aromatic rings. The van der Waals surface area contributed by atoms with E-state index in [9.17, 15) is 4.79 Å². The largest absolute Gasteiger partial charge is 0.273 e. The summed E-state index contributed by atoms with van der Waals surface area (Å²) in [4.78, 5) is 13.9. The molecule has 1 aliphatic rings. The first-order chi connectivity index (χ1) is 3.79. The van der Waals surface area contributed by atoms with E-state index in [1.54, 1.807) is 23.5 Å². The number of aliphatic imine (C=N–C) groups is 1. The fraction of sp³-hybridized carbons (Fsp3) is 0.500. The van der Waals surface area contributed by atoms with Crippen molar-refractivity contribution in [1.82, 2.24) is 0 Å². The number of nitrogens with zero attached hydrogens (tertiary/aromatic N) is 1. The van der Waals surface area contributed by atoms with Gasteiger partial charge in [0.25, 0.3) is 0 Å². The quantitative estimate of drug-likeness (QED) is 0.517. The predicted molar refractivity (Wildman–Crippen MR) is 38.2 cm³/mol. The van der Waals surface area contributed by atoms with Crippen molar-refractivity contribution in [3.05, 3.63) is 0 Å². The number of rotatable bonds is 0. The summed E-state index contributed by atoms with van der Waals surface area (Å²) in [5.41, 5.74) is 0. The van der Waals surface area contributed by atoms with Gasteiger partial charge in [-0.25, -0.2) is 0 Å². The Balaban J connectivity index is 2.42. The Morgan fingerprint density at radius 3 is 2.50 bits per heavy atom. The molecule has 0 aromatic heterocycles. The zero-order chi connectivity index (χ0) is 5.98. The summed E-state index contributed by atoms with van der Waals surface area (Å²) >= 11 is 3.25. The maximum Gasteiger partial charge on any atom is 0.244 e. The van der Waals surface area contributed by atoms with E-state index in [0.717, 1.165) is 9.46 Å². The van der Waals surface area contributed by atoms with Crippen LogP contribution in [0.25, 0.3) is 0 Å². The van der Waals surface area contributed by atoms with E-state index in [0.29, 0.717) is 0 Å². The van der Waals surface area contributed by atoms with E-state index in [1.807, 2.05) is 0 Å². The molecule has 2 nitrogen and oxygen atoms in total. The second-order valence-corrected chi connectivity index (χ2v) is 3.86. The van der Waals surface area contributed by atoms with Crippen LogP contribution in [0.4, 0.5) is 0 Å². The number of carbonyl (C=O) groups excluding carboxylic acids is 1. The Morgan fingerprint density at radius 2 is 2.38 bits per heavy atom. The molecular formula is C4H5NOS2. The molecule has 0 atom stereocenters. The zero-order valence-corrected chi connectivity index (χ0v) is 6.01. The van der Waals surface area contributed by atoms with E-state index in [4.69, 9.17) is 0 Å². The lowest BCUT2D eigenvalue weighted by Crippen LogP contribution is -2.00. The van der Waals surface area contributed by atoms with Gasteiger partial charge in [-0.05, 0) is 0 Å². The van der Waals surface area contributed by atoms with E-state index in [2.05, 4.69) is 4.99 Å². The molecule has 0 radical (unpaired) electrons. The molecule has 0 unspecified atom stereocenters. The van der Waals surface area contributed by atoms with Crippen LogP contribution in [0, 0.1) is 0 Å². The van der Waals surface area contributed by atoms with Crippen molar-refractivity contribution in [3.8, 4) is 0 Å². The molecule has 1 heterocycles. The molecule has 0 spiro atoms. The molecule has 1 aliphatic heterocycles. The molecule has 8 heavy (non-hydrogen) atoms. The van der Waals surface area contributed by atoms with Crippen molar-refractivity contribution in [1.29, 1.82) is 0 Å². The van der Waals surface area contributed by atoms with Crippen molar-refractivity contribution in [2.75, 3.05) is 5.08 Å². The molecule has 1 rings (SSSR count). The molecule has 0 saturated carbocycles. The fourth-order valence-electron chi connectivity index (χ4n) is 0.305. The van der Waals surface area contributed by atoms with Gasteiger partial charge >= 0.3 is 0 Å². The minimum absolute atomic E-state index is 0.0975. The molecule has 0 bridgehead atoms. The molecule has 0 N–H and O–H groups in total. The summed E-state index contributed by atoms with van der Waals surface area (Å²) in [6, 6.07) is 0. The van der Waals surface area contributed by atoms with Gasteiger partial charge in [0.1, 0.15) is 4.38 Å². The molecule has 1 saturated heterocycles. The van der Waals surface area contributed by atoms with Gasteiger partial charge in [-0.1, -0.05) is 23.5 Å². The monoisotopic (exact) mass is 147 g/mol. The van der Waals surface area contributed by atoms with Crippen LogP contribution in [0.3, 0.4) is 0 Å². The highest BCUT2D eigenvalue weighted by molar-refractivity contribution is 8.52. The Kier molecular flexibility index (Phi) is 1.96.